The molecule has 4 nitrogen and oxygen atoms in total. The second kappa shape index (κ2) is 6.64. The summed E-state index contributed by atoms with van der Waals surface area (Å²) in [5, 5.41) is 1.23. The summed E-state index contributed by atoms with van der Waals surface area (Å²) in [5.74, 6) is 0.150. The first-order valence-corrected chi connectivity index (χ1v) is 6.93. The standard InChI is InChI=1S/C13H20N2O2S/c1-5-17-13(16)10-6-12(15-7-11(10)14)18-9(4)8(2)3/h6-9H,5,14H2,1-4H3. The topological polar surface area (TPSA) is 65.2 Å². The molecule has 0 bridgehead atoms. The molecule has 0 radical (unpaired) electrons. The lowest BCUT2D eigenvalue weighted by Crippen LogP contribution is -2.10. The fraction of sp³-hybridized carbons (Fsp3) is 0.538. The maximum Gasteiger partial charge on any atom is 0.340 e. The average Bonchev–Trinajstić information content (AvgIpc) is 2.31. The van der Waals surface area contributed by atoms with Crippen LogP contribution in [0, 0.1) is 5.92 Å². The zero-order valence-corrected chi connectivity index (χ0v) is 12.1. The molecule has 0 aliphatic rings. The van der Waals surface area contributed by atoms with Crippen molar-refractivity contribution < 1.29 is 9.53 Å². The molecule has 1 aromatic rings. The molecular weight excluding hydrogens is 248 g/mol. The van der Waals surface area contributed by atoms with E-state index in [1.807, 2.05) is 0 Å². The first-order valence-electron chi connectivity index (χ1n) is 6.05. The van der Waals surface area contributed by atoms with Crippen molar-refractivity contribution in [2.24, 2.45) is 5.92 Å². The first kappa shape index (κ1) is 14.8. The lowest BCUT2D eigenvalue weighted by atomic mass is 10.2. The number of nitrogens with two attached hydrogens (primary N) is 1. The van der Waals surface area contributed by atoms with E-state index in [1.54, 1.807) is 24.8 Å². The van der Waals surface area contributed by atoms with Gasteiger partial charge in [-0.1, -0.05) is 20.8 Å². The maximum atomic E-state index is 11.7. The number of hydrogen-bond acceptors (Lipinski definition) is 5. The van der Waals surface area contributed by atoms with Crippen molar-refractivity contribution in [2.75, 3.05) is 12.3 Å². The van der Waals surface area contributed by atoms with Crippen LogP contribution >= 0.6 is 11.8 Å². The van der Waals surface area contributed by atoms with Crippen LogP contribution in [0.2, 0.25) is 0 Å². The fourth-order valence-electron chi connectivity index (χ4n) is 1.22. The van der Waals surface area contributed by atoms with E-state index in [1.165, 1.54) is 6.20 Å². The van der Waals surface area contributed by atoms with Crippen LogP contribution in [0.25, 0.3) is 0 Å². The molecule has 0 saturated heterocycles. The summed E-state index contributed by atoms with van der Waals surface area (Å²) in [6.07, 6.45) is 1.52. The summed E-state index contributed by atoms with van der Waals surface area (Å²) in [5.41, 5.74) is 6.49. The summed E-state index contributed by atoms with van der Waals surface area (Å²) in [6.45, 7) is 8.55. The van der Waals surface area contributed by atoms with Crippen molar-refractivity contribution in [3.05, 3.63) is 17.8 Å². The Bertz CT molecular complexity index is 421. The van der Waals surface area contributed by atoms with E-state index >= 15 is 0 Å². The highest BCUT2D eigenvalue weighted by Crippen LogP contribution is 2.28. The van der Waals surface area contributed by atoms with Gasteiger partial charge in [-0.3, -0.25) is 0 Å². The number of thioether (sulfide) groups is 1. The van der Waals surface area contributed by atoms with Crippen molar-refractivity contribution in [1.82, 2.24) is 4.98 Å². The summed E-state index contributed by atoms with van der Waals surface area (Å²) in [4.78, 5) is 15.9. The van der Waals surface area contributed by atoms with Crippen molar-refractivity contribution in [3.8, 4) is 0 Å². The Kier molecular flexibility index (Phi) is 5.47. The number of aromatic nitrogens is 1. The summed E-state index contributed by atoms with van der Waals surface area (Å²) in [7, 11) is 0. The van der Waals surface area contributed by atoms with Gasteiger partial charge in [0.15, 0.2) is 0 Å². The Balaban J connectivity index is 2.90. The SMILES string of the molecule is CCOC(=O)c1cc(SC(C)C(C)C)ncc1N. The molecule has 0 aliphatic carbocycles. The van der Waals surface area contributed by atoms with Gasteiger partial charge in [-0.25, -0.2) is 9.78 Å². The van der Waals surface area contributed by atoms with E-state index in [0.29, 0.717) is 29.0 Å². The highest BCUT2D eigenvalue weighted by atomic mass is 32.2. The van der Waals surface area contributed by atoms with Crippen LogP contribution in [-0.2, 0) is 4.74 Å². The number of nitrogen functional groups attached to an aromatic ring is 1. The molecule has 1 aromatic heterocycles. The van der Waals surface area contributed by atoms with Crippen LogP contribution in [0.15, 0.2) is 17.3 Å². The van der Waals surface area contributed by atoms with Crippen molar-refractivity contribution in [1.29, 1.82) is 0 Å². The molecule has 0 fully saturated rings. The lowest BCUT2D eigenvalue weighted by molar-refractivity contribution is 0.0527. The van der Waals surface area contributed by atoms with E-state index in [2.05, 4.69) is 25.8 Å². The smallest absolute Gasteiger partial charge is 0.340 e. The Morgan fingerprint density at radius 2 is 2.17 bits per heavy atom. The number of hydrogen-bond donors (Lipinski definition) is 1. The maximum absolute atomic E-state index is 11.7. The summed E-state index contributed by atoms with van der Waals surface area (Å²) >= 11 is 1.64. The van der Waals surface area contributed by atoms with Gasteiger partial charge in [-0.2, -0.15) is 0 Å². The predicted octanol–water partition coefficient (Wildman–Crippen LogP) is 2.98. The van der Waals surface area contributed by atoms with E-state index in [4.69, 9.17) is 10.5 Å². The lowest BCUT2D eigenvalue weighted by Gasteiger charge is -2.15. The van der Waals surface area contributed by atoms with Crippen LogP contribution in [0.5, 0.6) is 0 Å². The monoisotopic (exact) mass is 268 g/mol. The van der Waals surface area contributed by atoms with Crippen molar-refractivity contribution in [2.45, 2.75) is 38.0 Å². The van der Waals surface area contributed by atoms with E-state index in [9.17, 15) is 4.79 Å². The molecule has 0 spiro atoms. The fourth-order valence-corrected chi connectivity index (χ4v) is 2.18. The highest BCUT2D eigenvalue weighted by Gasteiger charge is 2.15. The minimum Gasteiger partial charge on any atom is -0.462 e. The Morgan fingerprint density at radius 3 is 2.72 bits per heavy atom. The van der Waals surface area contributed by atoms with Gasteiger partial charge in [0.1, 0.15) is 0 Å². The predicted molar refractivity (Wildman–Crippen MR) is 74.8 cm³/mol. The minimum atomic E-state index is -0.392. The number of carbonyl (C=O) groups excluding carboxylic acids is 1. The number of ether oxygens (including phenoxy) is 1. The number of nitrogens with zero attached hydrogens (tertiary/aromatic N) is 1. The molecule has 1 atom stereocenters. The highest BCUT2D eigenvalue weighted by molar-refractivity contribution is 7.99. The van der Waals surface area contributed by atoms with Crippen molar-refractivity contribution >= 4 is 23.4 Å². The zero-order chi connectivity index (χ0) is 13.7. The molecule has 0 aliphatic heterocycles. The number of rotatable bonds is 5. The van der Waals surface area contributed by atoms with E-state index in [0.717, 1.165) is 5.03 Å². The van der Waals surface area contributed by atoms with E-state index < -0.39 is 5.97 Å². The average molecular weight is 268 g/mol. The molecule has 5 heteroatoms. The Labute approximate surface area is 112 Å². The van der Waals surface area contributed by atoms with Crippen LogP contribution in [0.4, 0.5) is 5.69 Å². The van der Waals surface area contributed by atoms with E-state index in [-0.39, 0.29) is 0 Å². The number of pyridine rings is 1. The molecule has 0 aromatic carbocycles. The number of carbonyl (C=O) groups is 1. The normalized spacial score (nSPS) is 12.5. The van der Waals surface area contributed by atoms with Crippen LogP contribution in [0.3, 0.4) is 0 Å². The van der Waals surface area contributed by atoms with Gasteiger partial charge < -0.3 is 10.5 Å². The van der Waals surface area contributed by atoms with Gasteiger partial charge in [0.05, 0.1) is 29.1 Å². The number of anilines is 1. The third-order valence-electron chi connectivity index (χ3n) is 2.65. The number of esters is 1. The third kappa shape index (κ3) is 3.91. The molecule has 1 unspecified atom stereocenters. The third-order valence-corrected chi connectivity index (χ3v) is 4.03. The van der Waals surface area contributed by atoms with Crippen molar-refractivity contribution in [3.63, 3.8) is 0 Å². The van der Waals surface area contributed by atoms with Gasteiger partial charge in [0, 0.05) is 5.25 Å². The van der Waals surface area contributed by atoms with Crippen LogP contribution in [-0.4, -0.2) is 22.8 Å². The van der Waals surface area contributed by atoms with Crippen LogP contribution < -0.4 is 5.73 Å². The second-order valence-corrected chi connectivity index (χ2v) is 5.79. The van der Waals surface area contributed by atoms with Gasteiger partial charge in [-0.05, 0) is 18.9 Å². The molecule has 100 valence electrons. The second-order valence-electron chi connectivity index (χ2n) is 4.40. The molecule has 1 heterocycles. The molecule has 18 heavy (non-hydrogen) atoms. The van der Waals surface area contributed by atoms with Gasteiger partial charge in [0.2, 0.25) is 0 Å². The van der Waals surface area contributed by atoms with Gasteiger partial charge in [0.25, 0.3) is 0 Å². The zero-order valence-electron chi connectivity index (χ0n) is 11.3. The molecule has 0 amide bonds. The quantitative estimate of drug-likeness (QED) is 0.657. The summed E-state index contributed by atoms with van der Waals surface area (Å²) < 4.78 is 4.96. The van der Waals surface area contributed by atoms with Gasteiger partial charge >= 0.3 is 5.97 Å². The molecule has 1 rings (SSSR count). The molecule has 0 saturated carbocycles. The first-order chi connectivity index (χ1) is 8.45. The van der Waals surface area contributed by atoms with Gasteiger partial charge in [-0.15, -0.1) is 11.8 Å². The Morgan fingerprint density at radius 1 is 1.50 bits per heavy atom. The summed E-state index contributed by atoms with van der Waals surface area (Å²) in [6, 6.07) is 1.71. The molecule has 2 N–H and O–H groups in total. The Hall–Kier alpha value is -1.23. The molecular formula is C13H20N2O2S. The van der Waals surface area contributed by atoms with Crippen LogP contribution in [0.1, 0.15) is 38.1 Å². The largest absolute Gasteiger partial charge is 0.462 e. The minimum absolute atomic E-state index is 0.339.